The highest BCUT2D eigenvalue weighted by molar-refractivity contribution is 5.79. The minimum Gasteiger partial charge on any atom is -0.376 e. The zero-order valence-electron chi connectivity index (χ0n) is 14.6. The average molecular weight is 322 g/mol. The van der Waals surface area contributed by atoms with Crippen molar-refractivity contribution < 1.29 is 4.74 Å². The van der Waals surface area contributed by atoms with Crippen molar-refractivity contribution >= 4 is 5.96 Å². The molecule has 1 aliphatic carbocycles. The van der Waals surface area contributed by atoms with Crippen LogP contribution >= 0.6 is 0 Å². The van der Waals surface area contributed by atoms with E-state index in [9.17, 15) is 0 Å². The molecule has 0 bridgehead atoms. The maximum absolute atomic E-state index is 5.97. The highest BCUT2D eigenvalue weighted by Gasteiger charge is 2.12. The van der Waals surface area contributed by atoms with E-state index >= 15 is 0 Å². The van der Waals surface area contributed by atoms with Crippen LogP contribution in [0.3, 0.4) is 0 Å². The summed E-state index contributed by atoms with van der Waals surface area (Å²) >= 11 is 0. The van der Waals surface area contributed by atoms with Crippen molar-refractivity contribution in [2.75, 3.05) is 20.2 Å². The van der Waals surface area contributed by atoms with Crippen molar-refractivity contribution in [1.82, 2.24) is 25.4 Å². The lowest BCUT2D eigenvalue weighted by Crippen LogP contribution is -2.39. The highest BCUT2D eigenvalue weighted by Crippen LogP contribution is 2.19. The molecule has 0 aromatic carbocycles. The van der Waals surface area contributed by atoms with Gasteiger partial charge in [-0.1, -0.05) is 25.7 Å². The zero-order chi connectivity index (χ0) is 16.5. The van der Waals surface area contributed by atoms with E-state index in [1.807, 2.05) is 18.5 Å². The second-order valence-corrected chi connectivity index (χ2v) is 6.06. The number of ether oxygens (including phenoxy) is 1. The van der Waals surface area contributed by atoms with E-state index in [1.165, 1.54) is 38.5 Å². The molecule has 2 N–H and O–H groups in total. The Morgan fingerprint density at radius 3 is 2.57 bits per heavy atom. The number of guanidine groups is 1. The van der Waals surface area contributed by atoms with E-state index < -0.39 is 0 Å². The van der Waals surface area contributed by atoms with E-state index in [0.717, 1.165) is 24.2 Å². The molecule has 0 saturated heterocycles. The smallest absolute Gasteiger partial charge is 0.191 e. The van der Waals surface area contributed by atoms with Crippen molar-refractivity contribution in [3.05, 3.63) is 11.6 Å². The normalized spacial score (nSPS) is 17.1. The van der Waals surface area contributed by atoms with Gasteiger partial charge in [0.1, 0.15) is 5.82 Å². The second kappa shape index (κ2) is 9.50. The molecule has 7 heteroatoms. The monoisotopic (exact) mass is 322 g/mol. The lowest BCUT2D eigenvalue weighted by Gasteiger charge is -2.16. The van der Waals surface area contributed by atoms with Crippen LogP contribution < -0.4 is 10.6 Å². The molecule has 0 atom stereocenters. The Hall–Kier alpha value is -1.63. The Balaban J connectivity index is 1.64. The molecule has 0 unspecified atom stereocenters. The molecule has 7 nitrogen and oxygen atoms in total. The van der Waals surface area contributed by atoms with Gasteiger partial charge in [0.15, 0.2) is 11.8 Å². The molecule has 1 aromatic rings. The van der Waals surface area contributed by atoms with Crippen LogP contribution in [0.5, 0.6) is 0 Å². The SMILES string of the molecule is CN=C(NCCOC1CCCCCC1)NCc1nnc(C)n1C. The topological polar surface area (TPSA) is 76.4 Å². The van der Waals surface area contributed by atoms with E-state index in [1.54, 1.807) is 7.05 Å². The first-order valence-corrected chi connectivity index (χ1v) is 8.61. The minimum absolute atomic E-state index is 0.441. The predicted octanol–water partition coefficient (Wildman–Crippen LogP) is 1.53. The third-order valence-corrected chi connectivity index (χ3v) is 4.37. The fourth-order valence-corrected chi connectivity index (χ4v) is 2.79. The summed E-state index contributed by atoms with van der Waals surface area (Å²) in [7, 11) is 3.73. The van der Waals surface area contributed by atoms with Crippen molar-refractivity contribution in [2.45, 2.75) is 58.1 Å². The first-order valence-electron chi connectivity index (χ1n) is 8.61. The van der Waals surface area contributed by atoms with Gasteiger partial charge in [-0.2, -0.15) is 0 Å². The molecule has 2 rings (SSSR count). The molecule has 1 aliphatic rings. The Labute approximate surface area is 138 Å². The molecule has 1 heterocycles. The van der Waals surface area contributed by atoms with E-state index in [0.29, 0.717) is 19.3 Å². The summed E-state index contributed by atoms with van der Waals surface area (Å²) in [5.41, 5.74) is 0. The number of hydrogen-bond acceptors (Lipinski definition) is 4. The highest BCUT2D eigenvalue weighted by atomic mass is 16.5. The van der Waals surface area contributed by atoms with Gasteiger partial charge in [-0.3, -0.25) is 4.99 Å². The molecule has 0 aliphatic heterocycles. The molecule has 0 spiro atoms. The van der Waals surface area contributed by atoms with Gasteiger partial charge in [0.25, 0.3) is 0 Å². The maximum Gasteiger partial charge on any atom is 0.191 e. The van der Waals surface area contributed by atoms with E-state index in [4.69, 9.17) is 4.74 Å². The van der Waals surface area contributed by atoms with Crippen molar-refractivity contribution in [1.29, 1.82) is 0 Å². The zero-order valence-corrected chi connectivity index (χ0v) is 14.6. The third-order valence-electron chi connectivity index (χ3n) is 4.37. The van der Waals surface area contributed by atoms with Gasteiger partial charge in [-0.15, -0.1) is 10.2 Å². The Kier molecular flexibility index (Phi) is 7.32. The summed E-state index contributed by atoms with van der Waals surface area (Å²) in [6, 6.07) is 0. The van der Waals surface area contributed by atoms with Crippen molar-refractivity contribution in [3.63, 3.8) is 0 Å². The molecular weight excluding hydrogens is 292 g/mol. The molecule has 1 saturated carbocycles. The fourth-order valence-electron chi connectivity index (χ4n) is 2.79. The summed E-state index contributed by atoms with van der Waals surface area (Å²) < 4.78 is 7.94. The largest absolute Gasteiger partial charge is 0.376 e. The Bertz CT molecular complexity index is 491. The maximum atomic E-state index is 5.97. The summed E-state index contributed by atoms with van der Waals surface area (Å²) in [5.74, 6) is 2.55. The van der Waals surface area contributed by atoms with E-state index in [-0.39, 0.29) is 0 Å². The first kappa shape index (κ1) is 17.7. The average Bonchev–Trinajstić information content (AvgIpc) is 2.77. The van der Waals surface area contributed by atoms with Crippen LogP contribution in [0.4, 0.5) is 0 Å². The standard InChI is InChI=1S/C16H30N6O/c1-13-20-21-15(22(13)3)12-19-16(17-2)18-10-11-23-14-8-6-4-5-7-9-14/h14H,4-12H2,1-3H3,(H2,17,18,19). The van der Waals surface area contributed by atoms with Gasteiger partial charge in [0.05, 0.1) is 19.3 Å². The van der Waals surface area contributed by atoms with Gasteiger partial charge >= 0.3 is 0 Å². The van der Waals surface area contributed by atoms with Gasteiger partial charge < -0.3 is 19.9 Å². The molecule has 0 amide bonds. The van der Waals surface area contributed by atoms with Crippen LogP contribution in [0.2, 0.25) is 0 Å². The van der Waals surface area contributed by atoms with Crippen molar-refractivity contribution in [2.24, 2.45) is 12.0 Å². The first-order chi connectivity index (χ1) is 11.2. The summed E-state index contributed by atoms with van der Waals surface area (Å²) in [5, 5.41) is 14.7. The quantitative estimate of drug-likeness (QED) is 0.359. The Morgan fingerprint density at radius 1 is 1.22 bits per heavy atom. The predicted molar refractivity (Wildman–Crippen MR) is 91.4 cm³/mol. The number of aryl methyl sites for hydroxylation is 1. The number of hydrogen-bond donors (Lipinski definition) is 2. The molecule has 23 heavy (non-hydrogen) atoms. The van der Waals surface area contributed by atoms with Crippen LogP contribution in [0.1, 0.15) is 50.2 Å². The van der Waals surface area contributed by atoms with Gasteiger partial charge in [0.2, 0.25) is 0 Å². The van der Waals surface area contributed by atoms with Gasteiger partial charge in [-0.25, -0.2) is 0 Å². The second-order valence-electron chi connectivity index (χ2n) is 6.06. The van der Waals surface area contributed by atoms with Gasteiger partial charge in [-0.05, 0) is 19.8 Å². The minimum atomic E-state index is 0.441. The molecule has 0 radical (unpaired) electrons. The molecular formula is C16H30N6O. The summed E-state index contributed by atoms with van der Waals surface area (Å²) in [6.45, 7) is 4.01. The number of nitrogens with zero attached hydrogens (tertiary/aromatic N) is 4. The summed E-state index contributed by atoms with van der Waals surface area (Å²) in [6.07, 6.45) is 8.18. The fraction of sp³-hybridized carbons (Fsp3) is 0.812. The lowest BCUT2D eigenvalue weighted by atomic mass is 10.1. The van der Waals surface area contributed by atoms with Crippen LogP contribution in [-0.4, -0.2) is 47.0 Å². The number of aromatic nitrogens is 3. The van der Waals surface area contributed by atoms with Gasteiger partial charge in [0, 0.05) is 20.6 Å². The Morgan fingerprint density at radius 2 is 1.96 bits per heavy atom. The van der Waals surface area contributed by atoms with Crippen LogP contribution in [0, 0.1) is 6.92 Å². The summed E-state index contributed by atoms with van der Waals surface area (Å²) in [4.78, 5) is 4.22. The van der Waals surface area contributed by atoms with Crippen LogP contribution in [0.15, 0.2) is 4.99 Å². The van der Waals surface area contributed by atoms with Crippen molar-refractivity contribution in [3.8, 4) is 0 Å². The number of aliphatic imine (C=N–C) groups is 1. The number of nitrogens with one attached hydrogen (secondary N) is 2. The van der Waals surface area contributed by atoms with E-state index in [2.05, 4.69) is 25.8 Å². The number of rotatable bonds is 6. The molecule has 1 aromatic heterocycles. The lowest BCUT2D eigenvalue weighted by molar-refractivity contribution is 0.0468. The van der Waals surface area contributed by atoms with Crippen LogP contribution in [0.25, 0.3) is 0 Å². The van der Waals surface area contributed by atoms with Crippen LogP contribution in [-0.2, 0) is 18.3 Å². The molecule has 130 valence electrons. The molecule has 1 fully saturated rings. The third kappa shape index (κ3) is 5.82.